The minimum Gasteiger partial charge on any atom is -0.487 e. The van der Waals surface area contributed by atoms with Crippen molar-refractivity contribution in [2.24, 2.45) is 0 Å². The SMILES string of the molecule is CC(=O)Nc1ccc2c(c1)C(NC(=S)Nc1cccc(Cl)c1)CC(C)(C)O2. The quantitative estimate of drug-likeness (QED) is 0.637. The molecule has 0 bridgehead atoms. The van der Waals surface area contributed by atoms with Gasteiger partial charge in [-0.05, 0) is 62.5 Å². The van der Waals surface area contributed by atoms with Crippen LogP contribution in [0.15, 0.2) is 42.5 Å². The second kappa shape index (κ2) is 7.74. The molecule has 0 fully saturated rings. The first-order valence-electron chi connectivity index (χ1n) is 8.65. The minimum atomic E-state index is -0.341. The lowest BCUT2D eigenvalue weighted by atomic mass is 9.89. The number of fused-ring (bicyclic) bond motifs is 1. The van der Waals surface area contributed by atoms with Crippen molar-refractivity contribution in [3.05, 3.63) is 53.1 Å². The van der Waals surface area contributed by atoms with Crippen LogP contribution in [0.25, 0.3) is 0 Å². The van der Waals surface area contributed by atoms with Crippen molar-refractivity contribution in [2.45, 2.75) is 38.8 Å². The Kier molecular flexibility index (Phi) is 5.58. The number of benzene rings is 2. The van der Waals surface area contributed by atoms with Gasteiger partial charge in [-0.25, -0.2) is 0 Å². The smallest absolute Gasteiger partial charge is 0.221 e. The number of hydrogen-bond acceptors (Lipinski definition) is 3. The van der Waals surface area contributed by atoms with Gasteiger partial charge in [-0.1, -0.05) is 17.7 Å². The maximum atomic E-state index is 11.4. The summed E-state index contributed by atoms with van der Waals surface area (Å²) in [6.45, 7) is 5.57. The highest BCUT2D eigenvalue weighted by Crippen LogP contribution is 2.40. The van der Waals surface area contributed by atoms with Gasteiger partial charge in [-0.2, -0.15) is 0 Å². The van der Waals surface area contributed by atoms with Crippen LogP contribution in [0, 0.1) is 0 Å². The molecule has 3 rings (SSSR count). The maximum absolute atomic E-state index is 11.4. The molecule has 142 valence electrons. The van der Waals surface area contributed by atoms with E-state index in [1.807, 2.05) is 56.3 Å². The Bertz CT molecular complexity index is 885. The zero-order valence-electron chi connectivity index (χ0n) is 15.4. The molecule has 1 atom stereocenters. The Balaban J connectivity index is 1.81. The van der Waals surface area contributed by atoms with E-state index in [1.165, 1.54) is 6.92 Å². The fourth-order valence-corrected chi connectivity index (χ4v) is 3.61. The fraction of sp³-hybridized carbons (Fsp3) is 0.300. The predicted molar refractivity (Wildman–Crippen MR) is 114 cm³/mol. The second-order valence-corrected chi connectivity index (χ2v) is 8.01. The van der Waals surface area contributed by atoms with Crippen LogP contribution in [0.4, 0.5) is 11.4 Å². The van der Waals surface area contributed by atoms with Crippen molar-refractivity contribution in [1.82, 2.24) is 5.32 Å². The normalized spacial score (nSPS) is 17.3. The number of nitrogens with one attached hydrogen (secondary N) is 3. The van der Waals surface area contributed by atoms with E-state index >= 15 is 0 Å². The van der Waals surface area contributed by atoms with Gasteiger partial charge in [0, 0.05) is 35.3 Å². The highest BCUT2D eigenvalue weighted by Gasteiger charge is 2.34. The minimum absolute atomic E-state index is 0.0587. The molecule has 1 aliphatic rings. The molecule has 2 aromatic rings. The number of amides is 1. The first kappa shape index (κ1) is 19.5. The van der Waals surface area contributed by atoms with E-state index in [0.29, 0.717) is 10.1 Å². The average molecular weight is 404 g/mol. The molecule has 0 aliphatic carbocycles. The zero-order chi connectivity index (χ0) is 19.6. The monoisotopic (exact) mass is 403 g/mol. The molecule has 27 heavy (non-hydrogen) atoms. The van der Waals surface area contributed by atoms with Crippen LogP contribution in [-0.2, 0) is 4.79 Å². The number of anilines is 2. The van der Waals surface area contributed by atoms with Crippen LogP contribution in [0.2, 0.25) is 5.02 Å². The number of thiocarbonyl (C=S) groups is 1. The number of halogens is 1. The van der Waals surface area contributed by atoms with Crippen molar-refractivity contribution >= 4 is 46.2 Å². The van der Waals surface area contributed by atoms with Crippen molar-refractivity contribution in [1.29, 1.82) is 0 Å². The second-order valence-electron chi connectivity index (χ2n) is 7.16. The summed E-state index contributed by atoms with van der Waals surface area (Å²) < 4.78 is 6.09. The number of carbonyl (C=O) groups is 1. The third kappa shape index (κ3) is 5.11. The van der Waals surface area contributed by atoms with Crippen LogP contribution < -0.4 is 20.7 Å². The van der Waals surface area contributed by atoms with Crippen molar-refractivity contribution in [3.63, 3.8) is 0 Å². The largest absolute Gasteiger partial charge is 0.487 e. The van der Waals surface area contributed by atoms with Crippen molar-refractivity contribution in [2.75, 3.05) is 10.6 Å². The van der Waals surface area contributed by atoms with E-state index in [2.05, 4.69) is 16.0 Å². The number of ether oxygens (including phenoxy) is 1. The zero-order valence-corrected chi connectivity index (χ0v) is 17.0. The maximum Gasteiger partial charge on any atom is 0.221 e. The van der Waals surface area contributed by atoms with Crippen LogP contribution in [0.1, 0.15) is 38.8 Å². The van der Waals surface area contributed by atoms with E-state index in [9.17, 15) is 4.79 Å². The molecular formula is C20H22ClN3O2S. The molecule has 1 heterocycles. The van der Waals surface area contributed by atoms with Crippen molar-refractivity contribution in [3.8, 4) is 5.75 Å². The first-order valence-corrected chi connectivity index (χ1v) is 9.44. The number of hydrogen-bond donors (Lipinski definition) is 3. The third-order valence-electron chi connectivity index (χ3n) is 4.18. The van der Waals surface area contributed by atoms with Gasteiger partial charge in [0.1, 0.15) is 11.4 Å². The summed E-state index contributed by atoms with van der Waals surface area (Å²) in [6.07, 6.45) is 0.723. The van der Waals surface area contributed by atoms with E-state index in [0.717, 1.165) is 29.1 Å². The van der Waals surface area contributed by atoms with E-state index < -0.39 is 0 Å². The lowest BCUT2D eigenvalue weighted by molar-refractivity contribution is -0.114. The summed E-state index contributed by atoms with van der Waals surface area (Å²) in [7, 11) is 0. The Labute approximate surface area is 169 Å². The van der Waals surface area contributed by atoms with Gasteiger partial charge in [0.2, 0.25) is 5.91 Å². The van der Waals surface area contributed by atoms with E-state index in [1.54, 1.807) is 0 Å². The molecule has 0 spiro atoms. The summed E-state index contributed by atoms with van der Waals surface area (Å²) in [5.74, 6) is 0.665. The summed E-state index contributed by atoms with van der Waals surface area (Å²) in [4.78, 5) is 11.4. The van der Waals surface area contributed by atoms with Crippen LogP contribution in [-0.4, -0.2) is 16.6 Å². The van der Waals surface area contributed by atoms with E-state index in [-0.39, 0.29) is 17.6 Å². The van der Waals surface area contributed by atoms with Crippen LogP contribution >= 0.6 is 23.8 Å². The van der Waals surface area contributed by atoms with Crippen LogP contribution in [0.5, 0.6) is 5.75 Å². The molecule has 2 aromatic carbocycles. The summed E-state index contributed by atoms with van der Waals surface area (Å²) >= 11 is 11.5. The summed E-state index contributed by atoms with van der Waals surface area (Å²) in [6, 6.07) is 13.0. The molecule has 0 saturated heterocycles. The van der Waals surface area contributed by atoms with Gasteiger partial charge in [0.25, 0.3) is 0 Å². The Morgan fingerprint density at radius 1 is 1.19 bits per heavy atom. The van der Waals surface area contributed by atoms with Gasteiger partial charge in [-0.3, -0.25) is 4.79 Å². The molecule has 1 aliphatic heterocycles. The molecular weight excluding hydrogens is 382 g/mol. The third-order valence-corrected chi connectivity index (χ3v) is 4.63. The van der Waals surface area contributed by atoms with Gasteiger partial charge in [-0.15, -0.1) is 0 Å². The topological polar surface area (TPSA) is 62.4 Å². The van der Waals surface area contributed by atoms with Crippen molar-refractivity contribution < 1.29 is 9.53 Å². The Morgan fingerprint density at radius 3 is 2.63 bits per heavy atom. The molecule has 5 nitrogen and oxygen atoms in total. The number of carbonyl (C=O) groups excluding carboxylic acids is 1. The molecule has 0 radical (unpaired) electrons. The average Bonchev–Trinajstić information content (AvgIpc) is 2.54. The highest BCUT2D eigenvalue weighted by molar-refractivity contribution is 7.80. The van der Waals surface area contributed by atoms with Gasteiger partial charge >= 0.3 is 0 Å². The Morgan fingerprint density at radius 2 is 1.93 bits per heavy atom. The summed E-state index contributed by atoms with van der Waals surface area (Å²) in [5.41, 5.74) is 2.16. The molecule has 0 aromatic heterocycles. The molecule has 3 N–H and O–H groups in total. The van der Waals surface area contributed by atoms with Gasteiger partial charge in [0.15, 0.2) is 5.11 Å². The van der Waals surface area contributed by atoms with Gasteiger partial charge in [0.05, 0.1) is 6.04 Å². The van der Waals surface area contributed by atoms with E-state index in [4.69, 9.17) is 28.6 Å². The fourth-order valence-electron chi connectivity index (χ4n) is 3.16. The first-order chi connectivity index (χ1) is 12.7. The standard InChI is InChI=1S/C20H22ClN3O2S/c1-12(25)22-15-7-8-18-16(10-15)17(11-20(2,3)26-18)24-19(27)23-14-6-4-5-13(21)9-14/h4-10,17H,11H2,1-3H3,(H,22,25)(H2,23,24,27). The Hall–Kier alpha value is -2.31. The van der Waals surface area contributed by atoms with Gasteiger partial charge < -0.3 is 20.7 Å². The van der Waals surface area contributed by atoms with Crippen LogP contribution in [0.3, 0.4) is 0 Å². The lowest BCUT2D eigenvalue weighted by Gasteiger charge is -2.38. The molecule has 1 amide bonds. The predicted octanol–water partition coefficient (Wildman–Crippen LogP) is 4.89. The lowest BCUT2D eigenvalue weighted by Crippen LogP contribution is -2.42. The molecule has 7 heteroatoms. The summed E-state index contributed by atoms with van der Waals surface area (Å²) in [5, 5.41) is 10.5. The molecule has 0 saturated carbocycles. The highest BCUT2D eigenvalue weighted by atomic mass is 35.5. The molecule has 1 unspecified atom stereocenters. The number of rotatable bonds is 3.